The first-order valence-electron chi connectivity index (χ1n) is 7.80. The van der Waals surface area contributed by atoms with E-state index in [-0.39, 0.29) is 11.2 Å². The van der Waals surface area contributed by atoms with Gasteiger partial charge in [0.2, 0.25) is 11.1 Å². The van der Waals surface area contributed by atoms with E-state index in [1.165, 1.54) is 11.8 Å². The number of halogens is 1. The molecule has 1 aromatic heterocycles. The maximum atomic E-state index is 12.6. The van der Waals surface area contributed by atoms with Gasteiger partial charge in [0.25, 0.3) is 0 Å². The zero-order valence-corrected chi connectivity index (χ0v) is 14.7. The van der Waals surface area contributed by atoms with Gasteiger partial charge >= 0.3 is 0 Å². The highest BCUT2D eigenvalue weighted by atomic mass is 35.5. The van der Waals surface area contributed by atoms with Crippen molar-refractivity contribution in [3.63, 3.8) is 0 Å². The van der Waals surface area contributed by atoms with E-state index in [1.807, 2.05) is 36.4 Å². The quantitative estimate of drug-likeness (QED) is 0.764. The Labute approximate surface area is 153 Å². The third-order valence-electron chi connectivity index (χ3n) is 4.00. The molecule has 1 amide bonds. The highest BCUT2D eigenvalue weighted by Crippen LogP contribution is 2.31. The number of anilines is 1. The van der Waals surface area contributed by atoms with Crippen molar-refractivity contribution in [3.05, 3.63) is 59.1 Å². The van der Waals surface area contributed by atoms with Crippen LogP contribution in [0, 0.1) is 0 Å². The number of hydrogen-bond donors (Lipinski definition) is 1. The lowest BCUT2D eigenvalue weighted by molar-refractivity contribution is -0.115. The van der Waals surface area contributed by atoms with Crippen LogP contribution in [-0.2, 0) is 11.2 Å². The van der Waals surface area contributed by atoms with Crippen LogP contribution in [0.2, 0.25) is 5.02 Å². The van der Waals surface area contributed by atoms with E-state index in [4.69, 9.17) is 11.6 Å². The van der Waals surface area contributed by atoms with Crippen molar-refractivity contribution < 1.29 is 4.79 Å². The number of rotatable bonds is 3. The van der Waals surface area contributed by atoms with Crippen LogP contribution in [0.4, 0.5) is 5.69 Å². The maximum Gasteiger partial charge on any atom is 0.237 e. The number of hydrogen-bond acceptors (Lipinski definition) is 5. The number of nitrogens with zero attached hydrogens (tertiary/aromatic N) is 4. The molecule has 4 rings (SSSR count). The van der Waals surface area contributed by atoms with Crippen LogP contribution in [0.1, 0.15) is 12.0 Å². The Morgan fingerprint density at radius 1 is 1.16 bits per heavy atom. The molecule has 0 aliphatic carbocycles. The number of carbonyl (C=O) groups excluding carboxylic acids is 1. The summed E-state index contributed by atoms with van der Waals surface area (Å²) in [7, 11) is 0. The summed E-state index contributed by atoms with van der Waals surface area (Å²) in [5, 5.41) is 15.8. The molecule has 126 valence electrons. The minimum Gasteiger partial charge on any atom is -0.325 e. The molecule has 2 heterocycles. The molecule has 0 bridgehead atoms. The number of aryl methyl sites for hydroxylation is 1. The Morgan fingerprint density at radius 2 is 1.96 bits per heavy atom. The van der Waals surface area contributed by atoms with E-state index in [0.29, 0.717) is 10.2 Å². The van der Waals surface area contributed by atoms with Gasteiger partial charge in [-0.3, -0.25) is 4.79 Å². The summed E-state index contributed by atoms with van der Waals surface area (Å²) in [5.74, 6) is -0.0272. The van der Waals surface area contributed by atoms with Gasteiger partial charge in [0.15, 0.2) is 0 Å². The average molecular weight is 372 g/mol. The van der Waals surface area contributed by atoms with Gasteiger partial charge in [0.05, 0.1) is 10.9 Å². The summed E-state index contributed by atoms with van der Waals surface area (Å²) in [5.41, 5.74) is 2.83. The molecular weight excluding hydrogens is 358 g/mol. The lowest BCUT2D eigenvalue weighted by Gasteiger charge is -2.12. The van der Waals surface area contributed by atoms with Gasteiger partial charge in [-0.15, -0.1) is 5.10 Å². The molecule has 0 spiro atoms. The first-order chi connectivity index (χ1) is 12.2. The Morgan fingerprint density at radius 3 is 2.80 bits per heavy atom. The molecule has 2 aromatic carbocycles. The zero-order chi connectivity index (χ0) is 17.2. The van der Waals surface area contributed by atoms with Gasteiger partial charge in [-0.1, -0.05) is 41.6 Å². The van der Waals surface area contributed by atoms with Gasteiger partial charge < -0.3 is 5.32 Å². The summed E-state index contributed by atoms with van der Waals surface area (Å²) in [6.07, 6.45) is 1.55. The van der Waals surface area contributed by atoms with Crippen molar-refractivity contribution in [3.8, 4) is 5.69 Å². The Bertz CT molecular complexity index is 911. The van der Waals surface area contributed by atoms with Crippen LogP contribution >= 0.6 is 23.4 Å². The van der Waals surface area contributed by atoms with Crippen molar-refractivity contribution in [2.75, 3.05) is 5.32 Å². The molecule has 1 aliphatic heterocycles. The van der Waals surface area contributed by atoms with Crippen LogP contribution in [0.15, 0.2) is 53.7 Å². The number of carbonyl (C=O) groups is 1. The number of fused-ring (bicyclic) bond motifs is 1. The molecule has 8 heteroatoms. The largest absolute Gasteiger partial charge is 0.325 e. The predicted molar refractivity (Wildman–Crippen MR) is 97.2 cm³/mol. The lowest BCUT2D eigenvalue weighted by atomic mass is 10.1. The fourth-order valence-electron chi connectivity index (χ4n) is 2.73. The number of nitrogens with one attached hydrogen (secondary N) is 1. The third kappa shape index (κ3) is 3.38. The van der Waals surface area contributed by atoms with Crippen LogP contribution in [0.3, 0.4) is 0 Å². The monoisotopic (exact) mass is 371 g/mol. The third-order valence-corrected chi connectivity index (χ3v) is 5.45. The van der Waals surface area contributed by atoms with Gasteiger partial charge in [-0.25, -0.2) is 0 Å². The fourth-order valence-corrected chi connectivity index (χ4v) is 3.84. The summed E-state index contributed by atoms with van der Waals surface area (Å²) >= 11 is 7.30. The van der Waals surface area contributed by atoms with Gasteiger partial charge in [-0.2, -0.15) is 4.68 Å². The molecule has 0 radical (unpaired) electrons. The predicted octanol–water partition coefficient (Wildman–Crippen LogP) is 3.36. The lowest BCUT2D eigenvalue weighted by Crippen LogP contribution is -2.24. The second-order valence-corrected chi connectivity index (χ2v) is 7.25. The topological polar surface area (TPSA) is 72.7 Å². The number of amides is 1. The van der Waals surface area contributed by atoms with Gasteiger partial charge in [0, 0.05) is 10.7 Å². The number of para-hydroxylation sites is 1. The first-order valence-corrected chi connectivity index (χ1v) is 9.06. The van der Waals surface area contributed by atoms with E-state index < -0.39 is 0 Å². The molecule has 1 aliphatic rings. The Balaban J connectivity index is 1.56. The average Bonchev–Trinajstić information content (AvgIpc) is 3.02. The first kappa shape index (κ1) is 16.1. The fraction of sp³-hybridized carbons (Fsp3) is 0.176. The minimum absolute atomic E-state index is 0.0272. The molecule has 6 nitrogen and oxygen atoms in total. The van der Waals surface area contributed by atoms with Gasteiger partial charge in [-0.05, 0) is 59.2 Å². The molecule has 25 heavy (non-hydrogen) atoms. The van der Waals surface area contributed by atoms with Gasteiger partial charge in [0.1, 0.15) is 0 Å². The highest BCUT2D eigenvalue weighted by Gasteiger charge is 2.26. The number of aromatic nitrogens is 4. The smallest absolute Gasteiger partial charge is 0.237 e. The molecule has 0 unspecified atom stereocenters. The molecule has 0 saturated heterocycles. The molecule has 0 fully saturated rings. The van der Waals surface area contributed by atoms with E-state index >= 15 is 0 Å². The summed E-state index contributed by atoms with van der Waals surface area (Å²) in [6, 6.07) is 15.1. The summed E-state index contributed by atoms with van der Waals surface area (Å²) < 4.78 is 1.62. The zero-order valence-electron chi connectivity index (χ0n) is 13.1. The van der Waals surface area contributed by atoms with Crippen molar-refractivity contribution in [2.24, 2.45) is 0 Å². The van der Waals surface area contributed by atoms with Crippen LogP contribution in [-0.4, -0.2) is 31.4 Å². The number of thioether (sulfide) groups is 1. The molecule has 1 N–H and O–H groups in total. The molecule has 3 aromatic rings. The standard InChI is InChI=1S/C17H14ClN5OS/c18-12-6-8-13(9-7-12)23-17(20-21-22-23)25-15-10-5-11-3-1-2-4-14(11)19-16(15)24/h1-4,6-9,15H,5,10H2,(H,19,24)/t15-/m1/s1. The van der Waals surface area contributed by atoms with Crippen molar-refractivity contribution >= 4 is 35.0 Å². The minimum atomic E-state index is -0.260. The summed E-state index contributed by atoms with van der Waals surface area (Å²) in [4.78, 5) is 12.6. The van der Waals surface area contributed by atoms with E-state index in [2.05, 4.69) is 20.8 Å². The van der Waals surface area contributed by atoms with Crippen LogP contribution < -0.4 is 5.32 Å². The van der Waals surface area contributed by atoms with Crippen LogP contribution in [0.5, 0.6) is 0 Å². The molecular formula is C17H14ClN5OS. The Hall–Kier alpha value is -2.38. The highest BCUT2D eigenvalue weighted by molar-refractivity contribution is 8.00. The normalized spacial score (nSPS) is 16.8. The second kappa shape index (κ2) is 6.85. The molecule has 0 saturated carbocycles. The van der Waals surface area contributed by atoms with E-state index in [9.17, 15) is 4.79 Å². The molecule has 1 atom stereocenters. The summed E-state index contributed by atoms with van der Waals surface area (Å²) in [6.45, 7) is 0. The number of tetrazole rings is 1. The van der Waals surface area contributed by atoms with Crippen molar-refractivity contribution in [1.82, 2.24) is 20.2 Å². The van der Waals surface area contributed by atoms with Crippen molar-refractivity contribution in [1.29, 1.82) is 0 Å². The second-order valence-electron chi connectivity index (χ2n) is 5.64. The number of benzene rings is 2. The Kier molecular flexibility index (Phi) is 4.42. The maximum absolute atomic E-state index is 12.6. The van der Waals surface area contributed by atoms with E-state index in [1.54, 1.807) is 16.8 Å². The van der Waals surface area contributed by atoms with E-state index in [0.717, 1.165) is 29.8 Å². The van der Waals surface area contributed by atoms with Crippen LogP contribution in [0.25, 0.3) is 5.69 Å². The SMILES string of the molecule is O=C1Nc2ccccc2CC[C@H]1Sc1nnnn1-c1ccc(Cl)cc1. The van der Waals surface area contributed by atoms with Crippen molar-refractivity contribution in [2.45, 2.75) is 23.2 Å².